The molecule has 29 heavy (non-hydrogen) atoms. The van der Waals surface area contributed by atoms with Gasteiger partial charge in [-0.1, -0.05) is 31.0 Å². The summed E-state index contributed by atoms with van der Waals surface area (Å²) in [5, 5.41) is 4.40. The van der Waals surface area contributed by atoms with Crippen molar-refractivity contribution in [2.24, 2.45) is 11.8 Å². The summed E-state index contributed by atoms with van der Waals surface area (Å²) < 4.78 is 14.2. The van der Waals surface area contributed by atoms with Gasteiger partial charge in [-0.15, -0.1) is 0 Å². The molecule has 2 aromatic rings. The number of halogens is 1. The summed E-state index contributed by atoms with van der Waals surface area (Å²) in [6, 6.07) is 9.67. The monoisotopic (exact) mass is 412 g/mol. The summed E-state index contributed by atoms with van der Waals surface area (Å²) in [6.45, 7) is 3.38. The third kappa shape index (κ3) is 3.75. The SMILES string of the molecule is O=C(C1CCCC1)N1C[C@@H](c2ccsc2)[C@@H]2CN(Cc3ccccc3F)CC[C@@H]21. The highest BCUT2D eigenvalue weighted by Crippen LogP contribution is 2.44. The van der Waals surface area contributed by atoms with Gasteiger partial charge in [0.2, 0.25) is 5.91 Å². The fourth-order valence-electron chi connectivity index (χ4n) is 5.82. The third-order valence-corrected chi connectivity index (χ3v) is 8.03. The van der Waals surface area contributed by atoms with Gasteiger partial charge in [0.15, 0.2) is 0 Å². The Balaban J connectivity index is 1.36. The number of hydrogen-bond donors (Lipinski definition) is 0. The summed E-state index contributed by atoms with van der Waals surface area (Å²) in [4.78, 5) is 17.9. The topological polar surface area (TPSA) is 23.6 Å². The predicted octanol–water partition coefficient (Wildman–Crippen LogP) is 4.89. The largest absolute Gasteiger partial charge is 0.338 e. The van der Waals surface area contributed by atoms with E-state index in [9.17, 15) is 9.18 Å². The Morgan fingerprint density at radius 2 is 1.93 bits per heavy atom. The fraction of sp³-hybridized carbons (Fsp3) is 0.542. The van der Waals surface area contributed by atoms with Crippen LogP contribution in [0.2, 0.25) is 0 Å². The van der Waals surface area contributed by atoms with E-state index in [1.54, 1.807) is 23.5 Å². The normalized spacial score (nSPS) is 28.0. The molecule has 2 aliphatic heterocycles. The maximum Gasteiger partial charge on any atom is 0.225 e. The fourth-order valence-corrected chi connectivity index (χ4v) is 6.54. The minimum absolute atomic E-state index is 0.117. The van der Waals surface area contributed by atoms with Gasteiger partial charge in [-0.05, 0) is 47.7 Å². The first-order chi connectivity index (χ1) is 14.2. The molecule has 1 aromatic heterocycles. The van der Waals surface area contributed by atoms with Crippen molar-refractivity contribution < 1.29 is 9.18 Å². The molecule has 1 amide bonds. The lowest BCUT2D eigenvalue weighted by Crippen LogP contribution is -2.48. The van der Waals surface area contributed by atoms with Crippen molar-refractivity contribution >= 4 is 17.2 Å². The Hall–Kier alpha value is -1.72. The number of carbonyl (C=O) groups is 1. The number of hydrogen-bond acceptors (Lipinski definition) is 3. The maximum atomic E-state index is 14.2. The van der Waals surface area contributed by atoms with E-state index in [0.717, 1.165) is 44.5 Å². The standard InChI is InChI=1S/C24H29FN2OS/c25-22-8-4-3-7-18(22)13-26-11-9-23-21(14-26)20(19-10-12-29-16-19)15-27(23)24(28)17-5-1-2-6-17/h3-4,7-8,10,12,16-17,20-21,23H,1-2,5-6,9,11,13-15H2/t20-,21-,23-/m0/s1. The number of likely N-dealkylation sites (tertiary alicyclic amines) is 2. The van der Waals surface area contributed by atoms with Gasteiger partial charge < -0.3 is 4.90 Å². The number of thiophene rings is 1. The molecule has 1 aliphatic carbocycles. The van der Waals surface area contributed by atoms with Crippen LogP contribution in [0.25, 0.3) is 0 Å². The molecule has 5 heteroatoms. The summed E-state index contributed by atoms with van der Waals surface area (Å²) in [5.74, 6) is 1.37. The average molecular weight is 413 g/mol. The second-order valence-corrected chi connectivity index (χ2v) is 9.76. The third-order valence-electron chi connectivity index (χ3n) is 7.33. The second kappa shape index (κ2) is 8.19. The molecule has 154 valence electrons. The van der Waals surface area contributed by atoms with Crippen molar-refractivity contribution in [2.75, 3.05) is 19.6 Å². The van der Waals surface area contributed by atoms with Crippen LogP contribution in [0.15, 0.2) is 41.1 Å². The van der Waals surface area contributed by atoms with Gasteiger partial charge in [0, 0.05) is 55.5 Å². The summed E-state index contributed by atoms with van der Waals surface area (Å²) in [6.07, 6.45) is 5.52. The number of fused-ring (bicyclic) bond motifs is 1. The Kier molecular flexibility index (Phi) is 5.44. The summed E-state index contributed by atoms with van der Waals surface area (Å²) in [7, 11) is 0. The number of carbonyl (C=O) groups excluding carboxylic acids is 1. The van der Waals surface area contributed by atoms with Crippen LogP contribution < -0.4 is 0 Å². The van der Waals surface area contributed by atoms with Crippen LogP contribution in [-0.2, 0) is 11.3 Å². The molecule has 0 bridgehead atoms. The van der Waals surface area contributed by atoms with E-state index in [4.69, 9.17) is 0 Å². The van der Waals surface area contributed by atoms with Crippen molar-refractivity contribution in [3.63, 3.8) is 0 Å². The first-order valence-electron chi connectivity index (χ1n) is 11.0. The van der Waals surface area contributed by atoms with Crippen molar-refractivity contribution in [1.82, 2.24) is 9.80 Å². The van der Waals surface area contributed by atoms with Gasteiger partial charge in [-0.3, -0.25) is 9.69 Å². The summed E-state index contributed by atoms with van der Waals surface area (Å²) >= 11 is 1.74. The molecule has 3 nitrogen and oxygen atoms in total. The molecule has 0 radical (unpaired) electrons. The molecule has 5 rings (SSSR count). The molecular formula is C24H29FN2OS. The molecule has 3 fully saturated rings. The Bertz CT molecular complexity index is 848. The molecule has 3 aliphatic rings. The van der Waals surface area contributed by atoms with Crippen LogP contribution in [-0.4, -0.2) is 41.4 Å². The molecule has 1 aromatic carbocycles. The van der Waals surface area contributed by atoms with Gasteiger partial charge in [0.25, 0.3) is 0 Å². The van der Waals surface area contributed by atoms with Crippen LogP contribution in [0.3, 0.4) is 0 Å². The van der Waals surface area contributed by atoms with E-state index < -0.39 is 0 Å². The van der Waals surface area contributed by atoms with Crippen LogP contribution in [0.4, 0.5) is 4.39 Å². The number of amides is 1. The lowest BCUT2D eigenvalue weighted by Gasteiger charge is -2.39. The average Bonchev–Trinajstić information content (AvgIpc) is 3.49. The van der Waals surface area contributed by atoms with Crippen molar-refractivity contribution in [1.29, 1.82) is 0 Å². The zero-order valence-corrected chi connectivity index (χ0v) is 17.6. The molecule has 3 atom stereocenters. The number of rotatable bonds is 4. The smallest absolute Gasteiger partial charge is 0.225 e. The second-order valence-electron chi connectivity index (χ2n) is 8.98. The lowest BCUT2D eigenvalue weighted by molar-refractivity contribution is -0.137. The Morgan fingerprint density at radius 3 is 2.69 bits per heavy atom. The van der Waals surface area contributed by atoms with E-state index in [2.05, 4.69) is 26.6 Å². The first-order valence-corrected chi connectivity index (χ1v) is 11.9. The molecule has 0 unspecified atom stereocenters. The molecular weight excluding hydrogens is 383 g/mol. The van der Waals surface area contributed by atoms with E-state index in [1.807, 2.05) is 12.1 Å². The number of nitrogens with zero attached hydrogens (tertiary/aromatic N) is 2. The number of benzene rings is 1. The highest BCUT2D eigenvalue weighted by Gasteiger charge is 2.48. The van der Waals surface area contributed by atoms with E-state index in [0.29, 0.717) is 30.3 Å². The molecule has 2 saturated heterocycles. The molecule has 0 spiro atoms. The highest BCUT2D eigenvalue weighted by atomic mass is 32.1. The van der Waals surface area contributed by atoms with Crippen molar-refractivity contribution in [3.8, 4) is 0 Å². The zero-order valence-electron chi connectivity index (χ0n) is 16.8. The van der Waals surface area contributed by atoms with Crippen molar-refractivity contribution in [2.45, 2.75) is 50.6 Å². The van der Waals surface area contributed by atoms with Gasteiger partial charge in [0.05, 0.1) is 0 Å². The quantitative estimate of drug-likeness (QED) is 0.714. The van der Waals surface area contributed by atoms with Gasteiger partial charge in [-0.25, -0.2) is 4.39 Å². The molecule has 0 N–H and O–H groups in total. The van der Waals surface area contributed by atoms with Gasteiger partial charge >= 0.3 is 0 Å². The lowest BCUT2D eigenvalue weighted by atomic mass is 9.82. The Morgan fingerprint density at radius 1 is 1.10 bits per heavy atom. The molecule has 1 saturated carbocycles. The molecule has 3 heterocycles. The highest BCUT2D eigenvalue weighted by molar-refractivity contribution is 7.08. The number of piperidine rings is 1. The predicted molar refractivity (Wildman–Crippen MR) is 114 cm³/mol. The van der Waals surface area contributed by atoms with Crippen LogP contribution in [0.5, 0.6) is 0 Å². The van der Waals surface area contributed by atoms with E-state index in [-0.39, 0.29) is 11.7 Å². The van der Waals surface area contributed by atoms with Crippen molar-refractivity contribution in [3.05, 3.63) is 58.0 Å². The Labute approximate surface area is 176 Å². The van der Waals surface area contributed by atoms with Crippen LogP contribution in [0, 0.1) is 17.7 Å². The first kappa shape index (κ1) is 19.3. The summed E-state index contributed by atoms with van der Waals surface area (Å²) in [5.41, 5.74) is 2.15. The van der Waals surface area contributed by atoms with Gasteiger partial charge in [-0.2, -0.15) is 11.3 Å². The maximum absolute atomic E-state index is 14.2. The van der Waals surface area contributed by atoms with Gasteiger partial charge in [0.1, 0.15) is 5.82 Å². The minimum Gasteiger partial charge on any atom is -0.338 e. The van der Waals surface area contributed by atoms with E-state index >= 15 is 0 Å². The van der Waals surface area contributed by atoms with Crippen LogP contribution >= 0.6 is 11.3 Å². The van der Waals surface area contributed by atoms with Crippen LogP contribution in [0.1, 0.15) is 49.1 Å². The van der Waals surface area contributed by atoms with E-state index in [1.165, 1.54) is 18.4 Å². The minimum atomic E-state index is -0.117. The zero-order chi connectivity index (χ0) is 19.8.